The van der Waals surface area contributed by atoms with Crippen molar-refractivity contribution in [3.63, 3.8) is 0 Å². The summed E-state index contributed by atoms with van der Waals surface area (Å²) in [6, 6.07) is 19.5. The number of carbonyl (C=O) groups is 2. The van der Waals surface area contributed by atoms with Gasteiger partial charge in [-0.25, -0.2) is 10.2 Å². The molecule has 30 heavy (non-hydrogen) atoms. The Kier molecular flexibility index (Phi) is 6.78. The number of phenolic OH excluding ortho intramolecular Hbond substituents is 1. The van der Waals surface area contributed by atoms with Gasteiger partial charge >= 0.3 is 5.97 Å². The second-order valence-electron chi connectivity index (χ2n) is 6.13. The summed E-state index contributed by atoms with van der Waals surface area (Å²) in [6.07, 6.45) is 1.44. The van der Waals surface area contributed by atoms with Crippen molar-refractivity contribution < 1.29 is 24.2 Å². The minimum atomic E-state index is -0.523. The zero-order valence-corrected chi connectivity index (χ0v) is 16.2. The summed E-state index contributed by atoms with van der Waals surface area (Å²) < 4.78 is 10.7. The zero-order valence-electron chi connectivity index (χ0n) is 16.2. The molecule has 0 heterocycles. The molecule has 152 valence electrons. The van der Waals surface area contributed by atoms with Crippen molar-refractivity contribution in [2.45, 2.75) is 6.92 Å². The molecule has 3 aromatic rings. The molecule has 7 heteroatoms. The maximum absolute atomic E-state index is 12.2. The quantitative estimate of drug-likeness (QED) is 0.270. The minimum Gasteiger partial charge on any atom is -0.507 e. The average Bonchev–Trinajstić information content (AvgIpc) is 2.76. The number of hydrogen-bond donors (Lipinski definition) is 2. The molecule has 0 saturated carbocycles. The van der Waals surface area contributed by atoms with E-state index in [0.29, 0.717) is 29.2 Å². The van der Waals surface area contributed by atoms with E-state index in [1.165, 1.54) is 18.3 Å². The van der Waals surface area contributed by atoms with Gasteiger partial charge in [0.25, 0.3) is 5.91 Å². The Morgan fingerprint density at radius 1 is 0.967 bits per heavy atom. The number of aromatic hydroxyl groups is 1. The van der Waals surface area contributed by atoms with E-state index in [0.717, 1.165) is 0 Å². The molecule has 0 unspecified atom stereocenters. The molecule has 0 aliphatic carbocycles. The van der Waals surface area contributed by atoms with Crippen molar-refractivity contribution in [2.75, 3.05) is 6.61 Å². The second kappa shape index (κ2) is 9.88. The van der Waals surface area contributed by atoms with Crippen LogP contribution in [0.15, 0.2) is 77.9 Å². The van der Waals surface area contributed by atoms with Gasteiger partial charge in [0.05, 0.1) is 23.9 Å². The number of nitrogens with zero attached hydrogens (tertiary/aromatic N) is 1. The lowest BCUT2D eigenvalue weighted by molar-refractivity contribution is 0.0734. The van der Waals surface area contributed by atoms with Gasteiger partial charge in [-0.3, -0.25) is 4.79 Å². The number of ether oxygens (including phenoxy) is 2. The summed E-state index contributed by atoms with van der Waals surface area (Å²) in [5, 5.41) is 13.5. The van der Waals surface area contributed by atoms with Gasteiger partial charge in [-0.15, -0.1) is 0 Å². The van der Waals surface area contributed by atoms with Crippen LogP contribution >= 0.6 is 0 Å². The Morgan fingerprint density at radius 3 is 2.30 bits per heavy atom. The fraction of sp³-hybridized carbons (Fsp3) is 0.0870. The average molecular weight is 404 g/mol. The largest absolute Gasteiger partial charge is 0.507 e. The maximum atomic E-state index is 12.2. The van der Waals surface area contributed by atoms with Crippen molar-refractivity contribution in [3.05, 3.63) is 89.5 Å². The van der Waals surface area contributed by atoms with Crippen LogP contribution in [0, 0.1) is 0 Å². The molecule has 0 bridgehead atoms. The molecular formula is C23H20N2O5. The number of benzene rings is 3. The molecule has 7 nitrogen and oxygen atoms in total. The highest BCUT2D eigenvalue weighted by Gasteiger charge is 2.10. The first kappa shape index (κ1) is 20.6. The minimum absolute atomic E-state index is 0.121. The summed E-state index contributed by atoms with van der Waals surface area (Å²) >= 11 is 0. The van der Waals surface area contributed by atoms with Gasteiger partial charge in [-0.1, -0.05) is 12.1 Å². The first-order chi connectivity index (χ1) is 14.6. The van der Waals surface area contributed by atoms with Gasteiger partial charge < -0.3 is 14.6 Å². The monoisotopic (exact) mass is 404 g/mol. The Balaban J connectivity index is 1.55. The summed E-state index contributed by atoms with van der Waals surface area (Å²) in [7, 11) is 0. The predicted molar refractivity (Wildman–Crippen MR) is 112 cm³/mol. The standard InChI is InChI=1S/C23H20N2O5/c1-2-29-18-13-9-17(10-14-18)23(28)30-19-11-7-16(8-12-19)15-24-25-22(27)20-5-3-4-6-21(20)26/h3-15,26H,2H2,1H3,(H,25,27)/b24-15-. The molecule has 0 aromatic heterocycles. The number of rotatable bonds is 7. The molecule has 0 atom stereocenters. The third-order valence-electron chi connectivity index (χ3n) is 4.02. The van der Waals surface area contributed by atoms with Crippen molar-refractivity contribution in [2.24, 2.45) is 5.10 Å². The van der Waals surface area contributed by atoms with E-state index in [-0.39, 0.29) is 11.3 Å². The Labute approximate surface area is 173 Å². The predicted octanol–water partition coefficient (Wildman–Crippen LogP) is 3.77. The summed E-state index contributed by atoms with van der Waals surface area (Å²) in [5.41, 5.74) is 3.58. The maximum Gasteiger partial charge on any atom is 0.343 e. The number of hydrazone groups is 1. The van der Waals surface area contributed by atoms with Gasteiger partial charge in [0, 0.05) is 0 Å². The number of amides is 1. The number of phenols is 1. The van der Waals surface area contributed by atoms with Crippen LogP contribution in [0.5, 0.6) is 17.2 Å². The first-order valence-corrected chi connectivity index (χ1v) is 9.23. The lowest BCUT2D eigenvalue weighted by atomic mass is 10.2. The molecular weight excluding hydrogens is 384 g/mol. The lowest BCUT2D eigenvalue weighted by Gasteiger charge is -2.06. The summed E-state index contributed by atoms with van der Waals surface area (Å²) in [4.78, 5) is 24.2. The molecule has 0 fully saturated rings. The third kappa shape index (κ3) is 5.45. The smallest absolute Gasteiger partial charge is 0.343 e. The van der Waals surface area contributed by atoms with E-state index in [1.807, 2.05) is 6.92 Å². The van der Waals surface area contributed by atoms with Crippen LogP contribution in [0.2, 0.25) is 0 Å². The van der Waals surface area contributed by atoms with Crippen LogP contribution < -0.4 is 14.9 Å². The number of para-hydroxylation sites is 1. The van der Waals surface area contributed by atoms with Gasteiger partial charge in [0.15, 0.2) is 0 Å². The fourth-order valence-corrected chi connectivity index (χ4v) is 2.53. The van der Waals surface area contributed by atoms with Crippen molar-refractivity contribution >= 4 is 18.1 Å². The van der Waals surface area contributed by atoms with Crippen LogP contribution in [0.3, 0.4) is 0 Å². The molecule has 0 spiro atoms. The number of hydrogen-bond acceptors (Lipinski definition) is 6. The van der Waals surface area contributed by atoms with Gasteiger partial charge in [-0.05, 0) is 73.2 Å². The molecule has 2 N–H and O–H groups in total. The van der Waals surface area contributed by atoms with E-state index >= 15 is 0 Å². The molecule has 1 amide bonds. The van der Waals surface area contributed by atoms with Crippen LogP contribution in [-0.4, -0.2) is 29.8 Å². The number of esters is 1. The highest BCUT2D eigenvalue weighted by atomic mass is 16.5. The summed E-state index contributed by atoms with van der Waals surface area (Å²) in [5.74, 6) is -0.0555. The highest BCUT2D eigenvalue weighted by Crippen LogP contribution is 2.17. The second-order valence-corrected chi connectivity index (χ2v) is 6.13. The molecule has 0 saturated heterocycles. The Morgan fingerprint density at radius 2 is 1.63 bits per heavy atom. The van der Waals surface area contributed by atoms with E-state index in [9.17, 15) is 14.7 Å². The zero-order chi connectivity index (χ0) is 21.3. The SMILES string of the molecule is CCOc1ccc(C(=O)Oc2ccc(/C=N\NC(=O)c3ccccc3O)cc2)cc1. The number of nitrogens with one attached hydrogen (secondary N) is 1. The molecule has 0 aliphatic heterocycles. The van der Waals surface area contributed by atoms with Crippen LogP contribution in [0.4, 0.5) is 0 Å². The molecule has 0 aliphatic rings. The van der Waals surface area contributed by atoms with Crippen LogP contribution in [-0.2, 0) is 0 Å². The molecule has 3 rings (SSSR count). The normalized spacial score (nSPS) is 10.6. The van der Waals surface area contributed by atoms with E-state index < -0.39 is 11.9 Å². The highest BCUT2D eigenvalue weighted by molar-refractivity contribution is 5.97. The molecule has 3 aromatic carbocycles. The van der Waals surface area contributed by atoms with Gasteiger partial charge in [0.2, 0.25) is 0 Å². The molecule has 0 radical (unpaired) electrons. The van der Waals surface area contributed by atoms with Crippen molar-refractivity contribution in [3.8, 4) is 17.2 Å². The van der Waals surface area contributed by atoms with E-state index in [4.69, 9.17) is 9.47 Å². The van der Waals surface area contributed by atoms with Crippen LogP contribution in [0.1, 0.15) is 33.2 Å². The van der Waals surface area contributed by atoms with Gasteiger partial charge in [0.1, 0.15) is 17.2 Å². The Hall–Kier alpha value is -4.13. The lowest BCUT2D eigenvalue weighted by Crippen LogP contribution is -2.17. The number of carbonyl (C=O) groups excluding carboxylic acids is 2. The first-order valence-electron chi connectivity index (χ1n) is 9.23. The topological polar surface area (TPSA) is 97.2 Å². The van der Waals surface area contributed by atoms with E-state index in [1.54, 1.807) is 60.7 Å². The van der Waals surface area contributed by atoms with Crippen molar-refractivity contribution in [1.82, 2.24) is 5.43 Å². The van der Waals surface area contributed by atoms with Crippen LogP contribution in [0.25, 0.3) is 0 Å². The van der Waals surface area contributed by atoms with Gasteiger partial charge in [-0.2, -0.15) is 5.10 Å². The summed E-state index contributed by atoms with van der Waals surface area (Å²) in [6.45, 7) is 2.44. The van der Waals surface area contributed by atoms with Crippen molar-refractivity contribution in [1.29, 1.82) is 0 Å². The van der Waals surface area contributed by atoms with E-state index in [2.05, 4.69) is 10.5 Å². The Bertz CT molecular complexity index is 1040. The third-order valence-corrected chi connectivity index (χ3v) is 4.02. The fourth-order valence-electron chi connectivity index (χ4n) is 2.53.